The minimum atomic E-state index is -2.55. The van der Waals surface area contributed by atoms with Gasteiger partial charge in [-0.15, -0.1) is 11.3 Å². The summed E-state index contributed by atoms with van der Waals surface area (Å²) in [4.78, 5) is 19.3. The third-order valence-corrected chi connectivity index (χ3v) is 13.0. The Kier molecular flexibility index (Phi) is 6.35. The molecule has 178 valence electrons. The fourth-order valence-electron chi connectivity index (χ4n) is 4.94. The van der Waals surface area contributed by atoms with Crippen molar-refractivity contribution in [3.05, 3.63) is 71.7 Å². The van der Waals surface area contributed by atoms with Gasteiger partial charge in [0.05, 0.1) is 6.10 Å². The molecule has 1 aliphatic heterocycles. The van der Waals surface area contributed by atoms with Crippen LogP contribution in [0.15, 0.2) is 66.0 Å². The molecule has 1 aromatic heterocycles. The van der Waals surface area contributed by atoms with Crippen LogP contribution in [0.25, 0.3) is 0 Å². The Morgan fingerprint density at radius 3 is 2.12 bits per heavy atom. The molecule has 5 rings (SSSR count). The molecule has 34 heavy (non-hydrogen) atoms. The Balaban J connectivity index is 1.34. The molecular weight excluding hydrogens is 458 g/mol. The Labute approximate surface area is 207 Å². The summed E-state index contributed by atoms with van der Waals surface area (Å²) in [5.74, 6) is -0.0483. The van der Waals surface area contributed by atoms with Gasteiger partial charge >= 0.3 is 0 Å². The lowest BCUT2D eigenvalue weighted by Crippen LogP contribution is -2.70. The number of carbonyl (C=O) groups is 1. The molecule has 5 nitrogen and oxygen atoms in total. The van der Waals surface area contributed by atoms with E-state index in [0.717, 1.165) is 31.1 Å². The predicted octanol–water partition coefficient (Wildman–Crippen LogP) is 4.19. The molecule has 1 saturated heterocycles. The van der Waals surface area contributed by atoms with Crippen LogP contribution < -0.4 is 20.6 Å². The van der Waals surface area contributed by atoms with Crippen LogP contribution in [-0.2, 0) is 4.43 Å². The lowest BCUT2D eigenvalue weighted by atomic mass is 9.93. The largest absolute Gasteiger partial charge is 0.401 e. The normalized spacial score (nSPS) is 17.2. The molecule has 3 aromatic rings. The summed E-state index contributed by atoms with van der Waals surface area (Å²) in [5, 5.41) is 8.43. The maximum absolute atomic E-state index is 12.5. The van der Waals surface area contributed by atoms with Gasteiger partial charge in [-0.25, -0.2) is 4.98 Å². The van der Waals surface area contributed by atoms with Crippen LogP contribution in [-0.4, -0.2) is 44.4 Å². The Hall–Kier alpha value is -2.48. The van der Waals surface area contributed by atoms with E-state index >= 15 is 0 Å². The van der Waals surface area contributed by atoms with Crippen LogP contribution in [0.3, 0.4) is 0 Å². The van der Waals surface area contributed by atoms with Gasteiger partial charge in [-0.05, 0) is 34.7 Å². The summed E-state index contributed by atoms with van der Waals surface area (Å²) in [7, 11) is -2.55. The smallest absolute Gasteiger partial charge is 0.271 e. The van der Waals surface area contributed by atoms with Crippen molar-refractivity contribution in [2.75, 3.05) is 18.0 Å². The van der Waals surface area contributed by atoms with E-state index < -0.39 is 8.32 Å². The van der Waals surface area contributed by atoms with E-state index in [-0.39, 0.29) is 17.0 Å². The van der Waals surface area contributed by atoms with E-state index in [2.05, 4.69) is 96.6 Å². The van der Waals surface area contributed by atoms with E-state index in [1.807, 2.05) is 5.38 Å². The molecule has 0 spiro atoms. The molecule has 7 heteroatoms. The number of amides is 1. The molecule has 2 heterocycles. The van der Waals surface area contributed by atoms with E-state index in [0.29, 0.717) is 11.7 Å². The third-order valence-electron chi connectivity index (χ3n) is 7.04. The van der Waals surface area contributed by atoms with Crippen LogP contribution in [0, 0.1) is 0 Å². The number of hydrogen-bond acceptors (Lipinski definition) is 5. The number of anilines is 1. The van der Waals surface area contributed by atoms with Crippen LogP contribution in [0.5, 0.6) is 0 Å². The third kappa shape index (κ3) is 4.32. The number of hydrogen-bond donors (Lipinski definition) is 1. The molecule has 2 aromatic carbocycles. The number of carbonyl (C=O) groups excluding carboxylic acids is 1. The highest BCUT2D eigenvalue weighted by Crippen LogP contribution is 2.39. The number of benzene rings is 2. The maximum atomic E-state index is 12.5. The van der Waals surface area contributed by atoms with E-state index in [1.54, 1.807) is 11.3 Å². The van der Waals surface area contributed by atoms with E-state index in [9.17, 15) is 4.79 Å². The first kappa shape index (κ1) is 23.3. The standard InChI is InChI=1S/C27H33N3O2SSi/c1-27(2,3)34(22-13-6-4-7-14-22,23-15-8-5-9-16-23)32-21-17-30(18-21)26-29-24(19-33-26)25(31)28-20-11-10-12-20/h4-9,13-16,19-21H,10-12,17-18H2,1-3H3,(H,28,31). The van der Waals surface area contributed by atoms with Gasteiger partial charge < -0.3 is 14.6 Å². The second kappa shape index (κ2) is 9.28. The highest BCUT2D eigenvalue weighted by atomic mass is 32.1. The first-order valence-electron chi connectivity index (χ1n) is 12.2. The maximum Gasteiger partial charge on any atom is 0.271 e. The predicted molar refractivity (Wildman–Crippen MR) is 142 cm³/mol. The Morgan fingerprint density at radius 1 is 1.03 bits per heavy atom. The molecule has 2 fully saturated rings. The fraction of sp³-hybridized carbons (Fsp3) is 0.407. The molecule has 1 aliphatic carbocycles. The van der Waals surface area contributed by atoms with Gasteiger partial charge in [0, 0.05) is 24.5 Å². The molecule has 0 radical (unpaired) electrons. The van der Waals surface area contributed by atoms with Gasteiger partial charge in [0.25, 0.3) is 14.2 Å². The molecule has 2 aliphatic rings. The Bertz CT molecular complexity index is 1080. The fourth-order valence-corrected chi connectivity index (χ4v) is 10.4. The van der Waals surface area contributed by atoms with Gasteiger partial charge in [0.2, 0.25) is 0 Å². The van der Waals surface area contributed by atoms with Crippen molar-refractivity contribution in [2.24, 2.45) is 0 Å². The number of nitrogens with one attached hydrogen (secondary N) is 1. The highest BCUT2D eigenvalue weighted by molar-refractivity contribution is 7.14. The topological polar surface area (TPSA) is 54.5 Å². The second-order valence-electron chi connectivity index (χ2n) is 10.4. The molecule has 1 amide bonds. The van der Waals surface area contributed by atoms with Crippen LogP contribution >= 0.6 is 11.3 Å². The van der Waals surface area contributed by atoms with Crippen molar-refractivity contribution in [3.8, 4) is 0 Å². The summed E-state index contributed by atoms with van der Waals surface area (Å²) >= 11 is 1.54. The minimum Gasteiger partial charge on any atom is -0.401 e. The van der Waals surface area contributed by atoms with Crippen molar-refractivity contribution >= 4 is 41.1 Å². The number of thiazole rings is 1. The van der Waals surface area contributed by atoms with Gasteiger partial charge in [0.1, 0.15) is 5.69 Å². The van der Waals surface area contributed by atoms with E-state index in [4.69, 9.17) is 4.43 Å². The monoisotopic (exact) mass is 491 g/mol. The van der Waals surface area contributed by atoms with E-state index in [1.165, 1.54) is 16.8 Å². The number of aromatic nitrogens is 1. The lowest BCUT2D eigenvalue weighted by molar-refractivity contribution is 0.0912. The first-order valence-corrected chi connectivity index (χ1v) is 15.0. The van der Waals surface area contributed by atoms with Gasteiger partial charge in [-0.1, -0.05) is 81.4 Å². The summed E-state index contributed by atoms with van der Waals surface area (Å²) in [5.41, 5.74) is 0.531. The van der Waals surface area contributed by atoms with Crippen LogP contribution in [0.2, 0.25) is 5.04 Å². The highest BCUT2D eigenvalue weighted by Gasteiger charge is 2.52. The zero-order valence-corrected chi connectivity index (χ0v) is 22.0. The van der Waals surface area contributed by atoms with Crippen LogP contribution in [0.1, 0.15) is 50.5 Å². The molecule has 0 unspecified atom stereocenters. The van der Waals surface area contributed by atoms with Gasteiger partial charge in [0.15, 0.2) is 5.13 Å². The average Bonchev–Trinajstić information content (AvgIpc) is 3.26. The van der Waals surface area contributed by atoms with Crippen molar-refractivity contribution in [2.45, 2.75) is 57.2 Å². The summed E-state index contributed by atoms with van der Waals surface area (Å²) in [6, 6.07) is 21.9. The van der Waals surface area contributed by atoms with Crippen LogP contribution in [0.4, 0.5) is 5.13 Å². The molecule has 1 N–H and O–H groups in total. The van der Waals surface area contributed by atoms with Crippen molar-refractivity contribution < 1.29 is 9.22 Å². The summed E-state index contributed by atoms with van der Waals surface area (Å²) in [6.45, 7) is 8.51. The van der Waals surface area contributed by atoms with Crippen molar-refractivity contribution in [1.82, 2.24) is 10.3 Å². The zero-order chi connectivity index (χ0) is 23.8. The number of rotatable bonds is 7. The average molecular weight is 492 g/mol. The lowest BCUT2D eigenvalue weighted by Gasteiger charge is -2.49. The zero-order valence-electron chi connectivity index (χ0n) is 20.2. The van der Waals surface area contributed by atoms with Crippen molar-refractivity contribution in [3.63, 3.8) is 0 Å². The second-order valence-corrected chi connectivity index (χ2v) is 15.5. The SMILES string of the molecule is CC(C)(C)[Si](OC1CN(c2nc(C(=O)NC3CCC3)cs2)C1)(c1ccccc1)c1ccccc1. The molecule has 0 atom stereocenters. The molecule has 0 bridgehead atoms. The first-order chi connectivity index (χ1) is 16.4. The van der Waals surface area contributed by atoms with Gasteiger partial charge in [-0.2, -0.15) is 0 Å². The van der Waals surface area contributed by atoms with Crippen molar-refractivity contribution in [1.29, 1.82) is 0 Å². The molecule has 1 saturated carbocycles. The van der Waals surface area contributed by atoms with Gasteiger partial charge in [-0.3, -0.25) is 4.79 Å². The summed E-state index contributed by atoms with van der Waals surface area (Å²) in [6.07, 6.45) is 3.49. The summed E-state index contributed by atoms with van der Waals surface area (Å²) < 4.78 is 7.19. The molecular formula is C27H33N3O2SSi. The quantitative estimate of drug-likeness (QED) is 0.504. The Morgan fingerprint density at radius 2 is 1.62 bits per heavy atom. The minimum absolute atomic E-state index is 0.0376. The number of nitrogens with zero attached hydrogens (tertiary/aromatic N) is 2.